The van der Waals surface area contributed by atoms with Crippen molar-refractivity contribution in [3.63, 3.8) is 0 Å². The Kier molecular flexibility index (Phi) is 10.5. The molecule has 1 aliphatic carbocycles. The van der Waals surface area contributed by atoms with Crippen LogP contribution in [0.15, 0.2) is 0 Å². The number of carbonyl (C=O) groups is 2. The molecule has 0 bridgehead atoms. The molecule has 1 fully saturated rings. The van der Waals surface area contributed by atoms with E-state index in [1.807, 2.05) is 0 Å². The third-order valence-corrected chi connectivity index (χ3v) is 3.23. The Labute approximate surface area is 128 Å². The lowest BCUT2D eigenvalue weighted by Crippen LogP contribution is -2.32. The van der Waals surface area contributed by atoms with Crippen LogP contribution in [-0.2, 0) is 14.3 Å². The highest BCUT2D eigenvalue weighted by molar-refractivity contribution is 5.83. The van der Waals surface area contributed by atoms with Crippen LogP contribution in [0.3, 0.4) is 0 Å². The van der Waals surface area contributed by atoms with Gasteiger partial charge in [0.05, 0.1) is 7.11 Å². The molecule has 0 radical (unpaired) electrons. The van der Waals surface area contributed by atoms with Crippen LogP contribution in [-0.4, -0.2) is 41.3 Å². The van der Waals surface area contributed by atoms with E-state index in [4.69, 9.17) is 0 Å². The summed E-state index contributed by atoms with van der Waals surface area (Å²) in [5.74, 6) is -0.452. The lowest BCUT2D eigenvalue weighted by Gasteiger charge is -2.12. The van der Waals surface area contributed by atoms with Crippen LogP contribution in [0.25, 0.3) is 0 Å². The van der Waals surface area contributed by atoms with Crippen molar-refractivity contribution in [1.29, 1.82) is 0 Å². The second-order valence-corrected chi connectivity index (χ2v) is 4.96. The highest BCUT2D eigenvalue weighted by atomic mass is 16.6. The van der Waals surface area contributed by atoms with Gasteiger partial charge in [0.15, 0.2) is 0 Å². The first-order valence-electron chi connectivity index (χ1n) is 7.23. The normalized spacial score (nSPS) is 17.1. The number of unbranched alkanes of at least 4 members (excludes halogenated alkanes) is 2. The Hall–Kier alpha value is -2.06. The number of nitrogens with zero attached hydrogens (tertiary/aromatic N) is 2. The van der Waals surface area contributed by atoms with Crippen molar-refractivity contribution in [2.75, 3.05) is 13.7 Å². The molecule has 0 N–H and O–H groups in total. The minimum Gasteiger partial charge on any atom is -0.469 e. The molecule has 9 nitrogen and oxygen atoms in total. The van der Waals surface area contributed by atoms with E-state index >= 15 is 0 Å². The summed E-state index contributed by atoms with van der Waals surface area (Å²) in [7, 11) is 1.33. The van der Waals surface area contributed by atoms with Gasteiger partial charge in [-0.15, -0.1) is 0 Å². The van der Waals surface area contributed by atoms with E-state index in [0.29, 0.717) is 38.5 Å². The molecule has 0 heterocycles. The quantitative estimate of drug-likeness (QED) is 0.302. The van der Waals surface area contributed by atoms with Crippen molar-refractivity contribution in [3.8, 4) is 0 Å². The zero-order chi connectivity index (χ0) is 17.0. The number of rotatable bonds is 7. The lowest BCUT2D eigenvalue weighted by atomic mass is 9.95. The molecule has 0 spiro atoms. The smallest absolute Gasteiger partial charge is 0.305 e. The van der Waals surface area contributed by atoms with Gasteiger partial charge in [-0.3, -0.25) is 29.8 Å². The first kappa shape index (κ1) is 19.9. The highest BCUT2D eigenvalue weighted by Crippen LogP contribution is 2.16. The molecule has 9 heteroatoms. The first-order chi connectivity index (χ1) is 10.4. The minimum atomic E-state index is -0.895. The zero-order valence-electron chi connectivity index (χ0n) is 12.7. The Bertz CT molecular complexity index is 398. The number of ketones is 1. The van der Waals surface area contributed by atoms with E-state index in [-0.39, 0.29) is 23.2 Å². The topological polar surface area (TPSA) is 130 Å². The predicted molar refractivity (Wildman–Crippen MR) is 76.6 cm³/mol. The van der Waals surface area contributed by atoms with Crippen LogP contribution < -0.4 is 0 Å². The van der Waals surface area contributed by atoms with E-state index in [1.165, 1.54) is 7.11 Å². The molecule has 0 aromatic heterocycles. The number of carbonyl (C=O) groups excluding carboxylic acids is 2. The van der Waals surface area contributed by atoms with E-state index in [0.717, 1.165) is 12.8 Å². The molecule has 0 aromatic rings. The molecule has 0 amide bonds. The third kappa shape index (κ3) is 9.78. The van der Waals surface area contributed by atoms with Gasteiger partial charge in [-0.2, -0.15) is 0 Å². The average Bonchev–Trinajstić information content (AvgIpc) is 2.47. The summed E-state index contributed by atoms with van der Waals surface area (Å²) in [5, 5.41) is 20.0. The lowest BCUT2D eigenvalue weighted by molar-refractivity contribution is -0.509. The Morgan fingerprint density at radius 1 is 1.23 bits per heavy atom. The number of ether oxygens (including phenoxy) is 1. The van der Waals surface area contributed by atoms with Gasteiger partial charge in [-0.05, 0) is 25.7 Å². The maximum Gasteiger partial charge on any atom is 0.305 e. The Balaban J connectivity index is 0.000000406. The average molecular weight is 318 g/mol. The maximum atomic E-state index is 10.8. The van der Waals surface area contributed by atoms with Gasteiger partial charge in [-0.25, -0.2) is 0 Å². The largest absolute Gasteiger partial charge is 0.469 e. The monoisotopic (exact) mass is 318 g/mol. The summed E-state index contributed by atoms with van der Waals surface area (Å²) in [4.78, 5) is 40.5. The van der Waals surface area contributed by atoms with E-state index < -0.39 is 11.0 Å². The molecule has 0 saturated heterocycles. The summed E-state index contributed by atoms with van der Waals surface area (Å²) in [6.07, 6.45) is 4.73. The predicted octanol–water partition coefficient (Wildman–Crippen LogP) is 1.77. The minimum absolute atomic E-state index is 0.0127. The summed E-state index contributed by atoms with van der Waals surface area (Å²) in [6.45, 7) is -0.0127. The number of esters is 1. The van der Waals surface area contributed by atoms with Gasteiger partial charge >= 0.3 is 5.97 Å². The van der Waals surface area contributed by atoms with E-state index in [9.17, 15) is 29.8 Å². The fourth-order valence-corrected chi connectivity index (χ4v) is 1.98. The van der Waals surface area contributed by atoms with Crippen LogP contribution in [0, 0.1) is 20.2 Å². The van der Waals surface area contributed by atoms with E-state index in [1.54, 1.807) is 0 Å². The molecule has 1 saturated carbocycles. The van der Waals surface area contributed by atoms with Crippen molar-refractivity contribution in [2.24, 2.45) is 0 Å². The number of nitro groups is 2. The molecular formula is C13H22N2O7. The number of hydrogen-bond acceptors (Lipinski definition) is 7. The Morgan fingerprint density at radius 3 is 2.36 bits per heavy atom. The summed E-state index contributed by atoms with van der Waals surface area (Å²) < 4.78 is 4.41. The van der Waals surface area contributed by atoms with Gasteiger partial charge in [0.1, 0.15) is 0 Å². The standard InChI is InChI=1S/C7H13NO4.C6H9NO3/c1-12-7(9)5-3-2-4-6-8(10)11;8-6-4-2-1-3-5(6)7(9)10/h2-6H2,1H3;5H,1-4H2. The Morgan fingerprint density at radius 2 is 1.91 bits per heavy atom. The molecule has 126 valence electrons. The van der Waals surface area contributed by atoms with Gasteiger partial charge in [-0.1, -0.05) is 0 Å². The van der Waals surface area contributed by atoms with Gasteiger partial charge < -0.3 is 4.74 Å². The van der Waals surface area contributed by atoms with Gasteiger partial charge in [0, 0.05) is 35.5 Å². The number of Topliss-reactive ketones (excluding diaryl/α,β-unsaturated/α-hetero) is 1. The summed E-state index contributed by atoms with van der Waals surface area (Å²) >= 11 is 0. The fraction of sp³-hybridized carbons (Fsp3) is 0.846. The van der Waals surface area contributed by atoms with Crippen LogP contribution in [0.2, 0.25) is 0 Å². The highest BCUT2D eigenvalue weighted by Gasteiger charge is 2.31. The molecular weight excluding hydrogens is 296 g/mol. The second kappa shape index (κ2) is 11.6. The van der Waals surface area contributed by atoms with Gasteiger partial charge in [0.2, 0.25) is 12.3 Å². The summed E-state index contributed by atoms with van der Waals surface area (Å²) in [6, 6.07) is -0.895. The second-order valence-electron chi connectivity index (χ2n) is 4.96. The summed E-state index contributed by atoms with van der Waals surface area (Å²) in [5.41, 5.74) is 0. The van der Waals surface area contributed by atoms with Crippen molar-refractivity contribution >= 4 is 11.8 Å². The van der Waals surface area contributed by atoms with Crippen molar-refractivity contribution in [1.82, 2.24) is 0 Å². The molecule has 1 rings (SSSR count). The molecule has 22 heavy (non-hydrogen) atoms. The number of hydrogen-bond donors (Lipinski definition) is 0. The molecule has 0 aromatic carbocycles. The fourth-order valence-electron chi connectivity index (χ4n) is 1.98. The number of methoxy groups -OCH3 is 1. The van der Waals surface area contributed by atoms with E-state index in [2.05, 4.69) is 4.74 Å². The third-order valence-electron chi connectivity index (χ3n) is 3.23. The first-order valence-corrected chi connectivity index (χ1v) is 7.23. The molecule has 1 atom stereocenters. The zero-order valence-corrected chi connectivity index (χ0v) is 12.7. The van der Waals surface area contributed by atoms with Crippen molar-refractivity contribution < 1.29 is 24.2 Å². The van der Waals surface area contributed by atoms with Crippen LogP contribution in [0.1, 0.15) is 51.4 Å². The van der Waals surface area contributed by atoms with Gasteiger partial charge in [0.25, 0.3) is 6.04 Å². The molecule has 1 aliphatic rings. The van der Waals surface area contributed by atoms with Crippen molar-refractivity contribution in [3.05, 3.63) is 20.2 Å². The van der Waals surface area contributed by atoms with Crippen molar-refractivity contribution in [2.45, 2.75) is 57.4 Å². The molecule has 1 unspecified atom stereocenters. The van der Waals surface area contributed by atoms with Crippen LogP contribution in [0.4, 0.5) is 0 Å². The van der Waals surface area contributed by atoms with Crippen LogP contribution >= 0.6 is 0 Å². The SMILES string of the molecule is COC(=O)CCCCC[N+](=O)[O-].O=C1CCCCC1[N+](=O)[O-]. The maximum absolute atomic E-state index is 10.8. The molecule has 0 aliphatic heterocycles. The van der Waals surface area contributed by atoms with Crippen LogP contribution in [0.5, 0.6) is 0 Å².